The van der Waals surface area contributed by atoms with Crippen molar-refractivity contribution in [2.24, 2.45) is 0 Å². The SMILES string of the molecule is CCC(C)(C)N(C)C(=O)N(C)C(C)C(=O)O. The Bertz CT molecular complexity index is 276. The van der Waals surface area contributed by atoms with Gasteiger partial charge in [0.1, 0.15) is 6.04 Å². The molecular formula is C11H22N2O3. The van der Waals surface area contributed by atoms with Gasteiger partial charge in [0.15, 0.2) is 0 Å². The van der Waals surface area contributed by atoms with E-state index in [1.54, 1.807) is 11.9 Å². The van der Waals surface area contributed by atoms with Gasteiger partial charge >= 0.3 is 12.0 Å². The Kier molecular flexibility index (Phi) is 4.78. The lowest BCUT2D eigenvalue weighted by molar-refractivity contribution is -0.141. The van der Waals surface area contributed by atoms with E-state index in [-0.39, 0.29) is 11.6 Å². The van der Waals surface area contributed by atoms with Crippen molar-refractivity contribution in [3.05, 3.63) is 0 Å². The van der Waals surface area contributed by atoms with Crippen LogP contribution in [0.4, 0.5) is 4.79 Å². The summed E-state index contributed by atoms with van der Waals surface area (Å²) in [6, 6.07) is -1.09. The third-order valence-electron chi connectivity index (χ3n) is 3.30. The summed E-state index contributed by atoms with van der Waals surface area (Å²) in [4.78, 5) is 25.6. The average Bonchev–Trinajstić information content (AvgIpc) is 2.24. The van der Waals surface area contributed by atoms with Crippen LogP contribution < -0.4 is 0 Å². The van der Waals surface area contributed by atoms with Crippen LogP contribution in [0.2, 0.25) is 0 Å². The zero-order chi connectivity index (χ0) is 13.1. The summed E-state index contributed by atoms with van der Waals surface area (Å²) in [6.07, 6.45) is 0.810. The fourth-order valence-corrected chi connectivity index (χ4v) is 1.06. The second kappa shape index (κ2) is 5.18. The quantitative estimate of drug-likeness (QED) is 0.798. The molecule has 5 nitrogen and oxygen atoms in total. The van der Waals surface area contributed by atoms with E-state index in [0.29, 0.717) is 0 Å². The van der Waals surface area contributed by atoms with Crippen LogP contribution in [0.5, 0.6) is 0 Å². The molecule has 0 heterocycles. The number of rotatable bonds is 4. The van der Waals surface area contributed by atoms with Gasteiger partial charge in [0.2, 0.25) is 0 Å². The van der Waals surface area contributed by atoms with E-state index in [0.717, 1.165) is 6.42 Å². The number of urea groups is 1. The average molecular weight is 230 g/mol. The van der Waals surface area contributed by atoms with E-state index in [1.807, 2.05) is 20.8 Å². The standard InChI is InChI=1S/C11H22N2O3/c1-7-11(3,4)13(6)10(16)12(5)8(2)9(14)15/h8H,7H2,1-6H3,(H,14,15). The first-order valence-corrected chi connectivity index (χ1v) is 5.38. The number of carbonyl (C=O) groups excluding carboxylic acids is 1. The fraction of sp³-hybridized carbons (Fsp3) is 0.818. The second-order valence-corrected chi connectivity index (χ2v) is 4.63. The van der Waals surface area contributed by atoms with E-state index in [2.05, 4.69) is 0 Å². The second-order valence-electron chi connectivity index (χ2n) is 4.63. The molecule has 5 heteroatoms. The first-order chi connectivity index (χ1) is 7.15. The topological polar surface area (TPSA) is 60.9 Å². The van der Waals surface area contributed by atoms with Gasteiger partial charge < -0.3 is 14.9 Å². The minimum Gasteiger partial charge on any atom is -0.480 e. The molecule has 2 amide bonds. The zero-order valence-corrected chi connectivity index (χ0v) is 10.9. The van der Waals surface area contributed by atoms with Crippen molar-refractivity contribution in [2.45, 2.75) is 45.7 Å². The minimum atomic E-state index is -1.00. The van der Waals surface area contributed by atoms with E-state index >= 15 is 0 Å². The number of hydrogen-bond donors (Lipinski definition) is 1. The number of likely N-dealkylation sites (N-methyl/N-ethyl adjacent to an activating group) is 1. The summed E-state index contributed by atoms with van der Waals surface area (Å²) < 4.78 is 0. The van der Waals surface area contributed by atoms with Gasteiger partial charge in [0, 0.05) is 19.6 Å². The molecule has 0 fully saturated rings. The smallest absolute Gasteiger partial charge is 0.326 e. The molecule has 0 aliphatic rings. The molecule has 0 aromatic carbocycles. The number of carboxylic acid groups (broad SMARTS) is 1. The summed E-state index contributed by atoms with van der Waals surface area (Å²) in [6.45, 7) is 7.38. The van der Waals surface area contributed by atoms with E-state index in [4.69, 9.17) is 5.11 Å². The lowest BCUT2D eigenvalue weighted by Gasteiger charge is -2.38. The maximum absolute atomic E-state index is 12.0. The first kappa shape index (κ1) is 14.7. The Labute approximate surface area is 97.0 Å². The van der Waals surface area contributed by atoms with Crippen molar-refractivity contribution in [3.63, 3.8) is 0 Å². The number of carboxylic acids is 1. The maximum atomic E-state index is 12.0. The highest BCUT2D eigenvalue weighted by molar-refractivity contribution is 5.82. The van der Waals surface area contributed by atoms with Crippen LogP contribution in [0, 0.1) is 0 Å². The Morgan fingerprint density at radius 1 is 1.31 bits per heavy atom. The number of hydrogen-bond acceptors (Lipinski definition) is 2. The van der Waals surface area contributed by atoms with Gasteiger partial charge in [-0.1, -0.05) is 6.92 Å². The summed E-state index contributed by atoms with van der Waals surface area (Å²) in [5.74, 6) is -1.00. The highest BCUT2D eigenvalue weighted by Crippen LogP contribution is 2.18. The molecule has 0 aromatic rings. The highest BCUT2D eigenvalue weighted by atomic mass is 16.4. The van der Waals surface area contributed by atoms with Crippen molar-refractivity contribution in [1.82, 2.24) is 9.80 Å². The zero-order valence-electron chi connectivity index (χ0n) is 10.9. The molecule has 0 saturated heterocycles. The molecule has 0 rings (SSSR count). The minimum absolute atomic E-state index is 0.274. The summed E-state index contributed by atoms with van der Waals surface area (Å²) in [5, 5.41) is 8.83. The third-order valence-corrected chi connectivity index (χ3v) is 3.30. The molecule has 1 N–H and O–H groups in total. The molecule has 0 saturated carbocycles. The van der Waals surface area contributed by atoms with Crippen LogP contribution in [0.15, 0.2) is 0 Å². The Morgan fingerprint density at radius 3 is 2.06 bits per heavy atom. The Morgan fingerprint density at radius 2 is 1.75 bits per heavy atom. The monoisotopic (exact) mass is 230 g/mol. The lowest BCUT2D eigenvalue weighted by Crippen LogP contribution is -2.53. The molecule has 0 radical (unpaired) electrons. The van der Waals surface area contributed by atoms with Crippen molar-refractivity contribution < 1.29 is 14.7 Å². The fourth-order valence-electron chi connectivity index (χ4n) is 1.06. The van der Waals surface area contributed by atoms with Crippen molar-refractivity contribution in [2.75, 3.05) is 14.1 Å². The highest BCUT2D eigenvalue weighted by Gasteiger charge is 2.31. The molecule has 16 heavy (non-hydrogen) atoms. The first-order valence-electron chi connectivity index (χ1n) is 5.38. The number of amides is 2. The van der Waals surface area contributed by atoms with E-state index < -0.39 is 12.0 Å². The van der Waals surface area contributed by atoms with Crippen LogP contribution in [-0.4, -0.2) is 52.6 Å². The van der Waals surface area contributed by atoms with Crippen molar-refractivity contribution >= 4 is 12.0 Å². The van der Waals surface area contributed by atoms with Crippen molar-refractivity contribution in [3.8, 4) is 0 Å². The van der Waals surface area contributed by atoms with Gasteiger partial charge in [0.25, 0.3) is 0 Å². The molecule has 0 aliphatic carbocycles. The lowest BCUT2D eigenvalue weighted by atomic mass is 10.0. The summed E-state index contributed by atoms with van der Waals surface area (Å²) in [5.41, 5.74) is -0.274. The van der Waals surface area contributed by atoms with Gasteiger partial charge in [-0.25, -0.2) is 9.59 Å². The molecule has 0 bridgehead atoms. The van der Waals surface area contributed by atoms with Crippen LogP contribution in [0.1, 0.15) is 34.1 Å². The molecular weight excluding hydrogens is 208 g/mol. The Balaban J connectivity index is 4.74. The molecule has 1 atom stereocenters. The van der Waals surface area contributed by atoms with Gasteiger partial charge in [-0.3, -0.25) is 0 Å². The van der Waals surface area contributed by atoms with Crippen LogP contribution in [0.25, 0.3) is 0 Å². The molecule has 0 aliphatic heterocycles. The van der Waals surface area contributed by atoms with Crippen molar-refractivity contribution in [1.29, 1.82) is 0 Å². The Hall–Kier alpha value is -1.26. The summed E-state index contributed by atoms with van der Waals surface area (Å²) >= 11 is 0. The third kappa shape index (κ3) is 3.12. The van der Waals surface area contributed by atoms with Gasteiger partial charge in [-0.05, 0) is 27.2 Å². The van der Waals surface area contributed by atoms with E-state index in [1.165, 1.54) is 18.9 Å². The predicted octanol–water partition coefficient (Wildman–Crippen LogP) is 1.63. The summed E-state index contributed by atoms with van der Waals surface area (Å²) in [7, 11) is 3.19. The van der Waals surface area contributed by atoms with Gasteiger partial charge in [-0.2, -0.15) is 0 Å². The maximum Gasteiger partial charge on any atom is 0.326 e. The van der Waals surface area contributed by atoms with E-state index in [9.17, 15) is 9.59 Å². The normalized spacial score (nSPS) is 13.1. The van der Waals surface area contributed by atoms with Gasteiger partial charge in [0.05, 0.1) is 0 Å². The van der Waals surface area contributed by atoms with Crippen LogP contribution in [-0.2, 0) is 4.79 Å². The number of nitrogens with zero attached hydrogens (tertiary/aromatic N) is 2. The molecule has 0 aromatic heterocycles. The van der Waals surface area contributed by atoms with Crippen LogP contribution >= 0.6 is 0 Å². The molecule has 1 unspecified atom stereocenters. The number of aliphatic carboxylic acids is 1. The largest absolute Gasteiger partial charge is 0.480 e. The molecule has 94 valence electrons. The molecule has 0 spiro atoms. The number of carbonyl (C=O) groups is 2. The van der Waals surface area contributed by atoms with Gasteiger partial charge in [-0.15, -0.1) is 0 Å². The van der Waals surface area contributed by atoms with Crippen LogP contribution in [0.3, 0.4) is 0 Å². The predicted molar refractivity (Wildman–Crippen MR) is 62.4 cm³/mol.